The van der Waals surface area contributed by atoms with Gasteiger partial charge in [0.1, 0.15) is 0 Å². The largest absolute Gasteiger partial charge is 0.470 e. The third-order valence-electron chi connectivity index (χ3n) is 3.69. The fourth-order valence-corrected chi connectivity index (χ4v) is 3.45. The van der Waals surface area contributed by atoms with Crippen LogP contribution in [0.2, 0.25) is 0 Å². The predicted molar refractivity (Wildman–Crippen MR) is 74.4 cm³/mol. The second-order valence-corrected chi connectivity index (χ2v) is 7.08. The minimum absolute atomic E-state index is 0.119. The third kappa shape index (κ3) is 3.16. The molecule has 0 saturated heterocycles. The summed E-state index contributed by atoms with van der Waals surface area (Å²) in [6.45, 7) is 0. The standard InChI is InChI=1S/C13H10F6N4O2S/c14-8-6-9(7-4-2-1-3-5-7)23-10(8)20-11(21-23)26(24,25)22-13(18,19)12(15,16)17/h1-5,8-9,22H,6H2/t8-,9-/m0/s1. The van der Waals surface area contributed by atoms with Crippen molar-refractivity contribution in [3.05, 3.63) is 41.7 Å². The van der Waals surface area contributed by atoms with E-state index in [0.717, 1.165) is 4.68 Å². The lowest BCUT2D eigenvalue weighted by atomic mass is 10.0. The van der Waals surface area contributed by atoms with Crippen LogP contribution in [0.3, 0.4) is 0 Å². The lowest BCUT2D eigenvalue weighted by Crippen LogP contribution is -2.52. The first-order valence-electron chi connectivity index (χ1n) is 7.06. The Morgan fingerprint density at radius 3 is 2.31 bits per heavy atom. The Balaban J connectivity index is 1.96. The number of benzene rings is 1. The van der Waals surface area contributed by atoms with Crippen molar-refractivity contribution in [1.82, 2.24) is 19.5 Å². The number of nitrogens with zero attached hydrogens (tertiary/aromatic N) is 3. The summed E-state index contributed by atoms with van der Waals surface area (Å²) in [5, 5.41) is 2.09. The summed E-state index contributed by atoms with van der Waals surface area (Å²) in [5.41, 5.74) is 0.552. The number of sulfonamides is 1. The molecule has 13 heteroatoms. The number of alkyl halides is 6. The monoisotopic (exact) mass is 400 g/mol. The molecule has 1 N–H and O–H groups in total. The molecule has 0 amide bonds. The zero-order chi connectivity index (χ0) is 19.3. The number of halogens is 6. The number of hydrogen-bond acceptors (Lipinski definition) is 4. The molecule has 1 aromatic heterocycles. The quantitative estimate of drug-likeness (QED) is 0.633. The van der Waals surface area contributed by atoms with Gasteiger partial charge >= 0.3 is 12.2 Å². The molecular weight excluding hydrogens is 390 g/mol. The van der Waals surface area contributed by atoms with Crippen molar-refractivity contribution in [1.29, 1.82) is 0 Å². The molecule has 1 aliphatic rings. The van der Waals surface area contributed by atoms with Gasteiger partial charge in [-0.3, -0.25) is 0 Å². The molecule has 0 bridgehead atoms. The summed E-state index contributed by atoms with van der Waals surface area (Å²) in [5.74, 6) is -0.463. The first-order chi connectivity index (χ1) is 11.9. The van der Waals surface area contributed by atoms with E-state index in [-0.39, 0.29) is 11.1 Å². The van der Waals surface area contributed by atoms with Crippen LogP contribution >= 0.6 is 0 Å². The number of hydrogen-bond donors (Lipinski definition) is 1. The van der Waals surface area contributed by atoms with Crippen molar-refractivity contribution in [3.8, 4) is 0 Å². The van der Waals surface area contributed by atoms with E-state index in [9.17, 15) is 34.8 Å². The Labute approximate surface area is 142 Å². The summed E-state index contributed by atoms with van der Waals surface area (Å²) < 4.78 is 101. The highest BCUT2D eigenvalue weighted by molar-refractivity contribution is 7.89. The average Bonchev–Trinajstić information content (AvgIpc) is 3.08. The van der Waals surface area contributed by atoms with Gasteiger partial charge in [-0.15, -0.1) is 9.82 Å². The molecule has 0 radical (unpaired) electrons. The Morgan fingerprint density at radius 2 is 1.73 bits per heavy atom. The van der Waals surface area contributed by atoms with Crippen LogP contribution in [0.25, 0.3) is 0 Å². The summed E-state index contributed by atoms with van der Waals surface area (Å²) >= 11 is 0. The van der Waals surface area contributed by atoms with Crippen LogP contribution in [0.5, 0.6) is 0 Å². The van der Waals surface area contributed by atoms with Gasteiger partial charge in [0.25, 0.3) is 15.2 Å². The van der Waals surface area contributed by atoms with Crippen LogP contribution in [-0.4, -0.2) is 35.4 Å². The molecule has 0 fully saturated rings. The van der Waals surface area contributed by atoms with Gasteiger partial charge in [0.05, 0.1) is 6.04 Å². The first-order valence-corrected chi connectivity index (χ1v) is 8.55. The van der Waals surface area contributed by atoms with E-state index in [0.29, 0.717) is 5.56 Å². The van der Waals surface area contributed by atoms with E-state index < -0.39 is 45.4 Å². The Bertz CT molecular complexity index is 912. The van der Waals surface area contributed by atoms with Crippen molar-refractivity contribution in [2.45, 2.75) is 36.0 Å². The molecule has 0 spiro atoms. The highest BCUT2D eigenvalue weighted by Crippen LogP contribution is 2.40. The smallest absolute Gasteiger partial charge is 0.239 e. The first kappa shape index (κ1) is 18.6. The van der Waals surface area contributed by atoms with Crippen molar-refractivity contribution >= 4 is 10.0 Å². The van der Waals surface area contributed by atoms with E-state index in [2.05, 4.69) is 10.1 Å². The second-order valence-electron chi connectivity index (χ2n) is 5.50. The maximum atomic E-state index is 14.1. The Morgan fingerprint density at radius 1 is 1.12 bits per heavy atom. The number of fused-ring (bicyclic) bond motifs is 1. The van der Waals surface area contributed by atoms with Crippen LogP contribution in [0.4, 0.5) is 26.3 Å². The number of rotatable bonds is 4. The minimum atomic E-state index is -6.16. The molecule has 1 aromatic carbocycles. The van der Waals surface area contributed by atoms with Gasteiger partial charge in [0, 0.05) is 6.42 Å². The molecule has 26 heavy (non-hydrogen) atoms. The van der Waals surface area contributed by atoms with Crippen LogP contribution in [0, 0.1) is 0 Å². The van der Waals surface area contributed by atoms with Gasteiger partial charge in [-0.2, -0.15) is 26.9 Å². The molecule has 1 aliphatic heterocycles. The van der Waals surface area contributed by atoms with E-state index in [1.165, 1.54) is 0 Å². The van der Waals surface area contributed by atoms with Crippen molar-refractivity contribution in [2.24, 2.45) is 0 Å². The number of aromatic nitrogens is 3. The average molecular weight is 400 g/mol. The van der Waals surface area contributed by atoms with Crippen LogP contribution in [-0.2, 0) is 10.0 Å². The van der Waals surface area contributed by atoms with E-state index in [1.54, 1.807) is 30.3 Å². The summed E-state index contributed by atoms with van der Waals surface area (Å²) in [6.07, 6.45) is -8.02. The van der Waals surface area contributed by atoms with Crippen LogP contribution in [0.1, 0.15) is 30.0 Å². The maximum absolute atomic E-state index is 14.1. The van der Waals surface area contributed by atoms with Crippen LogP contribution in [0.15, 0.2) is 35.5 Å². The Kier molecular flexibility index (Phi) is 4.26. The van der Waals surface area contributed by atoms with E-state index in [1.807, 2.05) is 0 Å². The van der Waals surface area contributed by atoms with Gasteiger partial charge in [0.15, 0.2) is 12.0 Å². The fraction of sp³-hybridized carbons (Fsp3) is 0.385. The lowest BCUT2D eigenvalue weighted by molar-refractivity contribution is -0.286. The van der Waals surface area contributed by atoms with Gasteiger partial charge in [-0.05, 0) is 5.56 Å². The highest BCUT2D eigenvalue weighted by atomic mass is 32.2. The molecule has 0 saturated carbocycles. The summed E-state index contributed by atoms with van der Waals surface area (Å²) in [6, 6.07) is 1.70. The van der Waals surface area contributed by atoms with Crippen molar-refractivity contribution in [2.75, 3.05) is 0 Å². The minimum Gasteiger partial charge on any atom is -0.239 e. The zero-order valence-corrected chi connectivity index (χ0v) is 13.4. The molecule has 3 rings (SSSR count). The third-order valence-corrected chi connectivity index (χ3v) is 4.87. The normalized spacial score (nSPS) is 21.0. The van der Waals surface area contributed by atoms with Gasteiger partial charge in [0.2, 0.25) is 0 Å². The molecular formula is C13H10F6N4O2S. The van der Waals surface area contributed by atoms with Crippen molar-refractivity contribution in [3.63, 3.8) is 0 Å². The topological polar surface area (TPSA) is 76.9 Å². The molecule has 0 unspecified atom stereocenters. The Hall–Kier alpha value is -2.15. The van der Waals surface area contributed by atoms with Gasteiger partial charge in [-0.25, -0.2) is 17.5 Å². The van der Waals surface area contributed by atoms with Gasteiger partial charge in [-0.1, -0.05) is 30.3 Å². The molecule has 2 aromatic rings. The number of nitrogens with one attached hydrogen (secondary N) is 1. The maximum Gasteiger partial charge on any atom is 0.470 e. The lowest BCUT2D eigenvalue weighted by Gasteiger charge is -2.19. The SMILES string of the molecule is O=S(=O)(NC(F)(F)C(F)(F)F)c1nc2n(n1)[C@H](c1ccccc1)C[C@@H]2F. The second kappa shape index (κ2) is 5.94. The molecule has 2 atom stereocenters. The fourth-order valence-electron chi connectivity index (χ4n) is 2.50. The van der Waals surface area contributed by atoms with Crippen molar-refractivity contribution < 1.29 is 34.8 Å². The summed E-state index contributed by atoms with van der Waals surface area (Å²) in [7, 11) is -5.44. The zero-order valence-electron chi connectivity index (χ0n) is 12.6. The summed E-state index contributed by atoms with van der Waals surface area (Å²) in [4.78, 5) is 3.31. The van der Waals surface area contributed by atoms with E-state index >= 15 is 0 Å². The van der Waals surface area contributed by atoms with Crippen LogP contribution < -0.4 is 4.72 Å². The molecule has 2 heterocycles. The highest BCUT2D eigenvalue weighted by Gasteiger charge is 2.60. The predicted octanol–water partition coefficient (Wildman–Crippen LogP) is 2.72. The van der Waals surface area contributed by atoms with Gasteiger partial charge < -0.3 is 0 Å². The molecule has 6 nitrogen and oxygen atoms in total. The van der Waals surface area contributed by atoms with E-state index in [4.69, 9.17) is 0 Å². The molecule has 142 valence electrons. The molecule has 0 aliphatic carbocycles.